The highest BCUT2D eigenvalue weighted by Gasteiger charge is 2.29. The second-order valence-corrected chi connectivity index (χ2v) is 5.73. The Morgan fingerprint density at radius 1 is 1.03 bits per heavy atom. The number of alkyl halides is 3. The van der Waals surface area contributed by atoms with E-state index in [1.165, 1.54) is 44.6 Å². The fraction of sp³-hybridized carbons (Fsp3) is 0.250. The Bertz CT molecular complexity index is 860. The number of hydrogen-bond donors (Lipinski definition) is 1. The summed E-state index contributed by atoms with van der Waals surface area (Å²) in [7, 11) is 2.81. The minimum Gasteiger partial charge on any atom is -0.507 e. The Kier molecular flexibility index (Phi) is 7.63. The Morgan fingerprint density at radius 2 is 1.66 bits per heavy atom. The van der Waals surface area contributed by atoms with Crippen molar-refractivity contribution in [2.75, 3.05) is 27.8 Å². The Hall–Kier alpha value is -3.04. The normalized spacial score (nSPS) is 11.6. The minimum absolute atomic E-state index is 0.0139. The molecule has 0 radical (unpaired) electrons. The highest BCUT2D eigenvalue weighted by Crippen LogP contribution is 2.34. The first-order valence-electron chi connectivity index (χ1n) is 8.26. The maximum absolute atomic E-state index is 12.6. The van der Waals surface area contributed by atoms with E-state index >= 15 is 0 Å². The van der Waals surface area contributed by atoms with Gasteiger partial charge in [-0.25, -0.2) is 0 Å². The first-order valence-corrected chi connectivity index (χ1v) is 8.26. The number of methoxy groups -OCH3 is 2. The van der Waals surface area contributed by atoms with Crippen molar-refractivity contribution in [1.29, 1.82) is 0 Å². The molecule has 0 bridgehead atoms. The molecule has 2 aromatic rings. The van der Waals surface area contributed by atoms with E-state index in [1.807, 2.05) is 0 Å². The number of benzene rings is 2. The zero-order valence-electron chi connectivity index (χ0n) is 15.7. The molecule has 0 fully saturated rings. The van der Waals surface area contributed by atoms with Crippen LogP contribution in [0.5, 0.6) is 17.2 Å². The molecule has 2 aromatic carbocycles. The number of carbonyl (C=O) groups is 1. The Labute approximate surface area is 165 Å². The highest BCUT2D eigenvalue weighted by molar-refractivity contribution is 6.10. The van der Waals surface area contributed by atoms with Crippen molar-refractivity contribution in [3.63, 3.8) is 0 Å². The average molecular weight is 412 g/mol. The summed E-state index contributed by atoms with van der Waals surface area (Å²) in [5.41, 5.74) is -0.555. The molecule has 0 aliphatic carbocycles. The van der Waals surface area contributed by atoms with Gasteiger partial charge in [0.1, 0.15) is 22.8 Å². The molecule has 0 aliphatic heterocycles. The van der Waals surface area contributed by atoms with Crippen LogP contribution in [0.15, 0.2) is 42.5 Å². The van der Waals surface area contributed by atoms with Gasteiger partial charge in [0.15, 0.2) is 19.4 Å². The van der Waals surface area contributed by atoms with Gasteiger partial charge in [0.05, 0.1) is 5.56 Å². The Morgan fingerprint density at radius 3 is 2.24 bits per heavy atom. The zero-order valence-corrected chi connectivity index (χ0v) is 15.7. The van der Waals surface area contributed by atoms with Gasteiger partial charge in [-0.2, -0.15) is 13.2 Å². The van der Waals surface area contributed by atoms with Crippen LogP contribution in [0.1, 0.15) is 21.5 Å². The Balaban J connectivity index is 2.27. The molecular weight excluding hydrogens is 393 g/mol. The third kappa shape index (κ3) is 6.23. The largest absolute Gasteiger partial charge is 0.507 e. The summed E-state index contributed by atoms with van der Waals surface area (Å²) in [6, 6.07) is 6.90. The number of phenolic OH excluding ortho intramolecular Hbond substituents is 1. The van der Waals surface area contributed by atoms with Crippen molar-refractivity contribution < 1.29 is 42.0 Å². The first kappa shape index (κ1) is 22.3. The van der Waals surface area contributed by atoms with E-state index in [0.717, 1.165) is 18.2 Å². The summed E-state index contributed by atoms with van der Waals surface area (Å²) in [6.45, 7) is -0.264. The molecule has 0 heterocycles. The second kappa shape index (κ2) is 9.94. The van der Waals surface area contributed by atoms with Gasteiger partial charge >= 0.3 is 6.18 Å². The molecule has 0 saturated carbocycles. The fourth-order valence-corrected chi connectivity index (χ4v) is 2.31. The predicted octanol–water partition coefficient (Wildman–Crippen LogP) is 4.27. The number of halogens is 3. The number of phenols is 1. The van der Waals surface area contributed by atoms with Crippen molar-refractivity contribution in [2.24, 2.45) is 0 Å². The fourth-order valence-electron chi connectivity index (χ4n) is 2.31. The van der Waals surface area contributed by atoms with E-state index in [-0.39, 0.29) is 30.6 Å². The van der Waals surface area contributed by atoms with Crippen LogP contribution in [0.2, 0.25) is 0 Å². The van der Waals surface area contributed by atoms with Crippen LogP contribution in [-0.4, -0.2) is 38.7 Å². The number of ketones is 1. The number of allylic oxidation sites excluding steroid dienone is 1. The minimum atomic E-state index is -4.44. The molecule has 0 aliphatic rings. The van der Waals surface area contributed by atoms with Gasteiger partial charge in [-0.1, -0.05) is 18.2 Å². The summed E-state index contributed by atoms with van der Waals surface area (Å²) < 4.78 is 58.0. The smallest absolute Gasteiger partial charge is 0.416 e. The van der Waals surface area contributed by atoms with Crippen LogP contribution < -0.4 is 9.47 Å². The van der Waals surface area contributed by atoms with E-state index in [4.69, 9.17) is 18.9 Å². The van der Waals surface area contributed by atoms with E-state index in [9.17, 15) is 23.1 Å². The van der Waals surface area contributed by atoms with Gasteiger partial charge in [-0.3, -0.25) is 4.79 Å². The monoisotopic (exact) mass is 412 g/mol. The molecule has 9 heteroatoms. The van der Waals surface area contributed by atoms with Crippen molar-refractivity contribution in [1.82, 2.24) is 0 Å². The number of carbonyl (C=O) groups excluding carboxylic acids is 1. The summed E-state index contributed by atoms with van der Waals surface area (Å²) >= 11 is 0. The molecule has 0 amide bonds. The van der Waals surface area contributed by atoms with Gasteiger partial charge in [0.25, 0.3) is 0 Å². The topological polar surface area (TPSA) is 74.2 Å². The van der Waals surface area contributed by atoms with Gasteiger partial charge in [0, 0.05) is 26.4 Å². The molecule has 0 unspecified atom stereocenters. The van der Waals surface area contributed by atoms with Crippen molar-refractivity contribution in [2.45, 2.75) is 6.18 Å². The predicted molar refractivity (Wildman–Crippen MR) is 97.9 cm³/mol. The van der Waals surface area contributed by atoms with Gasteiger partial charge in [0.2, 0.25) is 0 Å². The molecule has 156 valence electrons. The summed E-state index contributed by atoms with van der Waals surface area (Å²) in [5, 5.41) is 10.2. The lowest BCUT2D eigenvalue weighted by Gasteiger charge is -2.13. The van der Waals surface area contributed by atoms with Crippen LogP contribution in [0.4, 0.5) is 13.2 Å². The maximum atomic E-state index is 12.6. The second-order valence-electron chi connectivity index (χ2n) is 5.73. The molecule has 6 nitrogen and oxygen atoms in total. The third-order valence-corrected chi connectivity index (χ3v) is 3.64. The van der Waals surface area contributed by atoms with E-state index < -0.39 is 23.3 Å². The van der Waals surface area contributed by atoms with Crippen molar-refractivity contribution in [3.05, 3.63) is 59.2 Å². The van der Waals surface area contributed by atoms with Crippen LogP contribution in [0, 0.1) is 0 Å². The van der Waals surface area contributed by atoms with Crippen LogP contribution >= 0.6 is 0 Å². The molecule has 29 heavy (non-hydrogen) atoms. The lowest BCUT2D eigenvalue weighted by atomic mass is 10.1. The summed E-state index contributed by atoms with van der Waals surface area (Å²) in [6.07, 6.45) is -1.99. The van der Waals surface area contributed by atoms with Gasteiger partial charge in [-0.05, 0) is 23.8 Å². The van der Waals surface area contributed by atoms with E-state index in [0.29, 0.717) is 5.56 Å². The SMILES string of the molecule is COCOc1cc(O)c(C(=O)/C=C/c2ccc(C(F)(F)F)cc2)c(OCOC)c1. The lowest BCUT2D eigenvalue weighted by molar-refractivity contribution is -0.137. The summed E-state index contributed by atoms with van der Waals surface area (Å²) in [4.78, 5) is 12.6. The quantitative estimate of drug-likeness (QED) is 0.377. The van der Waals surface area contributed by atoms with E-state index in [2.05, 4.69) is 0 Å². The molecular formula is C20H19F3O6. The zero-order chi connectivity index (χ0) is 21.4. The maximum Gasteiger partial charge on any atom is 0.416 e. The number of hydrogen-bond acceptors (Lipinski definition) is 6. The van der Waals surface area contributed by atoms with Crippen molar-refractivity contribution in [3.8, 4) is 17.2 Å². The van der Waals surface area contributed by atoms with Crippen LogP contribution in [0.25, 0.3) is 6.08 Å². The molecule has 0 atom stereocenters. The molecule has 0 spiro atoms. The number of rotatable bonds is 9. The van der Waals surface area contributed by atoms with Gasteiger partial charge in [-0.15, -0.1) is 0 Å². The molecule has 1 N–H and O–H groups in total. The molecule has 2 rings (SSSR count). The first-order chi connectivity index (χ1) is 13.8. The van der Waals surface area contributed by atoms with E-state index in [1.54, 1.807) is 0 Å². The molecule has 0 saturated heterocycles. The summed E-state index contributed by atoms with van der Waals surface area (Å²) in [5.74, 6) is -0.794. The third-order valence-electron chi connectivity index (χ3n) is 3.64. The van der Waals surface area contributed by atoms with Crippen LogP contribution in [-0.2, 0) is 15.7 Å². The number of ether oxygens (including phenoxy) is 4. The van der Waals surface area contributed by atoms with Crippen molar-refractivity contribution >= 4 is 11.9 Å². The van der Waals surface area contributed by atoms with Gasteiger partial charge < -0.3 is 24.1 Å². The highest BCUT2D eigenvalue weighted by atomic mass is 19.4. The standard InChI is InChI=1S/C20H19F3O6/c1-26-11-28-15-9-17(25)19(18(10-15)29-12-27-2)16(24)8-5-13-3-6-14(7-4-13)20(21,22)23/h3-10,25H,11-12H2,1-2H3/b8-5+. The average Bonchev–Trinajstić information content (AvgIpc) is 2.68. The molecule has 0 aromatic heterocycles. The lowest BCUT2D eigenvalue weighted by Crippen LogP contribution is -2.07. The number of aromatic hydroxyl groups is 1. The van der Waals surface area contributed by atoms with Crippen LogP contribution in [0.3, 0.4) is 0 Å².